The number of ether oxygens (including phenoxy) is 1. The van der Waals surface area contributed by atoms with E-state index in [0.717, 1.165) is 63.4 Å². The summed E-state index contributed by atoms with van der Waals surface area (Å²) in [4.78, 5) is 8.19. The number of hydrogen-bond acceptors (Lipinski definition) is 3. The third-order valence-electron chi connectivity index (χ3n) is 5.95. The van der Waals surface area contributed by atoms with Crippen LogP contribution < -0.4 is 10.1 Å². The van der Waals surface area contributed by atoms with Crippen molar-refractivity contribution in [3.8, 4) is 5.75 Å². The van der Waals surface area contributed by atoms with Crippen LogP contribution in [-0.2, 0) is 0 Å². The van der Waals surface area contributed by atoms with E-state index < -0.39 is 12.7 Å². The highest BCUT2D eigenvalue weighted by molar-refractivity contribution is 5.79. The molecule has 2 aliphatic heterocycles. The fourth-order valence-corrected chi connectivity index (χ4v) is 4.28. The molecule has 1 aromatic carbocycles. The van der Waals surface area contributed by atoms with Gasteiger partial charge in [-0.1, -0.05) is 18.2 Å². The van der Waals surface area contributed by atoms with Gasteiger partial charge in [-0.3, -0.25) is 9.89 Å². The van der Waals surface area contributed by atoms with Crippen LogP contribution in [0, 0.1) is 5.92 Å². The molecule has 0 unspecified atom stereocenters. The summed E-state index contributed by atoms with van der Waals surface area (Å²) >= 11 is 0. The first-order valence-electron chi connectivity index (χ1n) is 10.9. The highest BCUT2D eigenvalue weighted by Crippen LogP contribution is 2.24. The number of piperidine rings is 2. The van der Waals surface area contributed by atoms with Crippen molar-refractivity contribution in [3.05, 3.63) is 30.3 Å². The molecule has 0 radical (unpaired) electrons. The minimum absolute atomic E-state index is 0.226. The van der Waals surface area contributed by atoms with Gasteiger partial charge in [-0.15, -0.1) is 0 Å². The molecule has 3 rings (SSSR count). The number of aliphatic imine (C=N–C) groups is 1. The molecule has 0 atom stereocenters. The Balaban J connectivity index is 1.33. The number of hydrogen-bond donors (Lipinski definition) is 1. The normalized spacial score (nSPS) is 20.4. The fraction of sp³-hybridized carbons (Fsp3) is 0.682. The number of likely N-dealkylation sites (tertiary alicyclic amines) is 2. The Kier molecular flexibility index (Phi) is 8.24. The summed E-state index contributed by atoms with van der Waals surface area (Å²) in [6.45, 7) is 2.88. The van der Waals surface area contributed by atoms with Gasteiger partial charge in [0.2, 0.25) is 0 Å². The zero-order valence-electron chi connectivity index (χ0n) is 17.7. The zero-order valence-corrected chi connectivity index (χ0v) is 17.7. The topological polar surface area (TPSA) is 40.1 Å². The standard InChI is InChI=1S/C22H33F3N4O/c1-26-21(27-12-7-18-8-13-28(14-9-18)17-22(23,24)25)29-15-10-20(11-16-29)30-19-5-3-2-4-6-19/h2-6,18,20H,7-17H2,1H3,(H,26,27). The Morgan fingerprint density at radius 2 is 1.73 bits per heavy atom. The van der Waals surface area contributed by atoms with Crippen LogP contribution in [0.2, 0.25) is 0 Å². The quantitative estimate of drug-likeness (QED) is 0.555. The lowest BCUT2D eigenvalue weighted by atomic mass is 9.93. The number of rotatable bonds is 6. The van der Waals surface area contributed by atoms with Gasteiger partial charge in [0, 0.05) is 39.5 Å². The maximum Gasteiger partial charge on any atom is 0.401 e. The molecule has 0 aromatic heterocycles. The number of para-hydroxylation sites is 1. The van der Waals surface area contributed by atoms with E-state index in [2.05, 4.69) is 15.2 Å². The van der Waals surface area contributed by atoms with Crippen LogP contribution in [0.4, 0.5) is 13.2 Å². The smallest absolute Gasteiger partial charge is 0.401 e. The van der Waals surface area contributed by atoms with Crippen molar-refractivity contribution in [3.63, 3.8) is 0 Å². The molecule has 2 saturated heterocycles. The van der Waals surface area contributed by atoms with E-state index in [1.807, 2.05) is 30.3 Å². The van der Waals surface area contributed by atoms with Gasteiger partial charge >= 0.3 is 6.18 Å². The SMILES string of the molecule is CN=C(NCCC1CCN(CC(F)(F)F)CC1)N1CCC(Oc2ccccc2)CC1. The van der Waals surface area contributed by atoms with E-state index in [1.54, 1.807) is 7.05 Å². The second-order valence-corrected chi connectivity index (χ2v) is 8.21. The molecule has 0 aliphatic carbocycles. The average molecular weight is 427 g/mol. The van der Waals surface area contributed by atoms with Gasteiger partial charge in [-0.25, -0.2) is 0 Å². The first-order chi connectivity index (χ1) is 14.4. The summed E-state index contributed by atoms with van der Waals surface area (Å²) in [6.07, 6.45) is 0.661. The van der Waals surface area contributed by atoms with Crippen LogP contribution in [0.1, 0.15) is 32.1 Å². The van der Waals surface area contributed by atoms with Crippen LogP contribution in [-0.4, -0.2) is 74.4 Å². The molecule has 1 N–H and O–H groups in total. The third kappa shape index (κ3) is 7.38. The summed E-state index contributed by atoms with van der Waals surface area (Å²) in [7, 11) is 1.80. The number of halogens is 3. The molecule has 0 amide bonds. The Hall–Kier alpha value is -1.96. The first-order valence-corrected chi connectivity index (χ1v) is 10.9. The Bertz CT molecular complexity index is 652. The van der Waals surface area contributed by atoms with E-state index in [0.29, 0.717) is 19.0 Å². The molecule has 0 bridgehead atoms. The van der Waals surface area contributed by atoms with E-state index in [9.17, 15) is 13.2 Å². The zero-order chi connectivity index (χ0) is 21.4. The molecule has 2 fully saturated rings. The van der Waals surface area contributed by atoms with Crippen LogP contribution >= 0.6 is 0 Å². The van der Waals surface area contributed by atoms with Gasteiger partial charge in [-0.05, 0) is 50.4 Å². The lowest BCUT2D eigenvalue weighted by Crippen LogP contribution is -2.48. The highest BCUT2D eigenvalue weighted by atomic mass is 19.4. The number of benzene rings is 1. The highest BCUT2D eigenvalue weighted by Gasteiger charge is 2.32. The minimum atomic E-state index is -4.10. The molecule has 1 aromatic rings. The van der Waals surface area contributed by atoms with E-state index >= 15 is 0 Å². The summed E-state index contributed by atoms with van der Waals surface area (Å²) < 4.78 is 43.6. The molecule has 0 spiro atoms. The molecule has 8 heteroatoms. The van der Waals surface area contributed by atoms with E-state index in [1.165, 1.54) is 4.90 Å². The number of nitrogens with zero attached hydrogens (tertiary/aromatic N) is 3. The molecular formula is C22H33F3N4O. The van der Waals surface area contributed by atoms with Gasteiger partial charge in [0.05, 0.1) is 6.54 Å². The molecule has 5 nitrogen and oxygen atoms in total. The van der Waals surface area contributed by atoms with Crippen molar-refractivity contribution in [1.29, 1.82) is 0 Å². The van der Waals surface area contributed by atoms with Gasteiger partial charge < -0.3 is 15.0 Å². The van der Waals surface area contributed by atoms with Crippen LogP contribution in [0.15, 0.2) is 35.3 Å². The van der Waals surface area contributed by atoms with E-state index in [-0.39, 0.29) is 6.10 Å². The largest absolute Gasteiger partial charge is 0.490 e. The Labute approximate surface area is 177 Å². The predicted molar refractivity (Wildman–Crippen MR) is 113 cm³/mol. The predicted octanol–water partition coefficient (Wildman–Crippen LogP) is 3.77. The minimum Gasteiger partial charge on any atom is -0.490 e. The molecule has 2 heterocycles. The van der Waals surface area contributed by atoms with Crippen molar-refractivity contribution >= 4 is 5.96 Å². The summed E-state index contributed by atoms with van der Waals surface area (Å²) in [5, 5.41) is 3.44. The van der Waals surface area contributed by atoms with Gasteiger partial charge in [0.15, 0.2) is 5.96 Å². The lowest BCUT2D eigenvalue weighted by Gasteiger charge is -2.35. The second-order valence-electron chi connectivity index (χ2n) is 8.21. The molecular weight excluding hydrogens is 393 g/mol. The van der Waals surface area contributed by atoms with Gasteiger partial charge in [-0.2, -0.15) is 13.2 Å². The summed E-state index contributed by atoms with van der Waals surface area (Å²) in [6, 6.07) is 9.92. The van der Waals surface area contributed by atoms with Crippen LogP contribution in [0.5, 0.6) is 5.75 Å². The van der Waals surface area contributed by atoms with Crippen LogP contribution in [0.3, 0.4) is 0 Å². The first kappa shape index (κ1) is 22.7. The lowest BCUT2D eigenvalue weighted by molar-refractivity contribution is -0.148. The Morgan fingerprint density at radius 1 is 1.07 bits per heavy atom. The fourth-order valence-electron chi connectivity index (χ4n) is 4.28. The maximum atomic E-state index is 12.5. The molecule has 30 heavy (non-hydrogen) atoms. The van der Waals surface area contributed by atoms with Crippen molar-refractivity contribution in [1.82, 2.24) is 15.1 Å². The third-order valence-corrected chi connectivity index (χ3v) is 5.95. The number of alkyl halides is 3. The van der Waals surface area contributed by atoms with Crippen molar-refractivity contribution in [2.45, 2.75) is 44.4 Å². The van der Waals surface area contributed by atoms with E-state index in [4.69, 9.17) is 4.74 Å². The number of nitrogens with one attached hydrogen (secondary N) is 1. The molecule has 0 saturated carbocycles. The van der Waals surface area contributed by atoms with Crippen molar-refractivity contribution in [2.75, 3.05) is 46.3 Å². The molecule has 2 aliphatic rings. The Morgan fingerprint density at radius 3 is 2.33 bits per heavy atom. The second kappa shape index (κ2) is 10.9. The maximum absolute atomic E-state index is 12.5. The molecule has 168 valence electrons. The van der Waals surface area contributed by atoms with Crippen molar-refractivity contribution < 1.29 is 17.9 Å². The average Bonchev–Trinajstić information content (AvgIpc) is 2.73. The summed E-state index contributed by atoms with van der Waals surface area (Å²) in [5.41, 5.74) is 0. The van der Waals surface area contributed by atoms with Crippen molar-refractivity contribution in [2.24, 2.45) is 10.9 Å². The van der Waals surface area contributed by atoms with Crippen LogP contribution in [0.25, 0.3) is 0 Å². The van der Waals surface area contributed by atoms with Gasteiger partial charge in [0.1, 0.15) is 11.9 Å². The monoisotopic (exact) mass is 426 g/mol. The number of guanidine groups is 1. The summed E-state index contributed by atoms with van der Waals surface area (Å²) in [5.74, 6) is 2.30. The van der Waals surface area contributed by atoms with Gasteiger partial charge in [0.25, 0.3) is 0 Å².